The third kappa shape index (κ3) is 3.97. The third-order valence-corrected chi connectivity index (χ3v) is 4.47. The highest BCUT2D eigenvalue weighted by molar-refractivity contribution is 5.29. The van der Waals surface area contributed by atoms with Crippen molar-refractivity contribution in [3.8, 4) is 5.75 Å². The van der Waals surface area contributed by atoms with Gasteiger partial charge in [-0.15, -0.1) is 0 Å². The van der Waals surface area contributed by atoms with Crippen LogP contribution >= 0.6 is 0 Å². The topological polar surface area (TPSA) is 32.7 Å². The van der Waals surface area contributed by atoms with Crippen molar-refractivity contribution in [2.24, 2.45) is 5.92 Å². The van der Waals surface area contributed by atoms with Gasteiger partial charge in [0.05, 0.1) is 13.2 Å². The molecular formula is C17H27NO2. The van der Waals surface area contributed by atoms with Crippen molar-refractivity contribution in [1.82, 2.24) is 4.90 Å². The second-order valence-corrected chi connectivity index (χ2v) is 6.16. The van der Waals surface area contributed by atoms with Gasteiger partial charge in [-0.2, -0.15) is 0 Å². The molecule has 0 radical (unpaired) electrons. The van der Waals surface area contributed by atoms with Gasteiger partial charge >= 0.3 is 0 Å². The predicted octanol–water partition coefficient (Wildman–Crippen LogP) is 3.24. The number of methoxy groups -OCH3 is 1. The van der Waals surface area contributed by atoms with E-state index in [0.717, 1.165) is 17.2 Å². The summed E-state index contributed by atoms with van der Waals surface area (Å²) in [6.07, 6.45) is 4.72. The van der Waals surface area contributed by atoms with Crippen LogP contribution in [-0.2, 0) is 0 Å². The number of hydrogen-bond donors (Lipinski definition) is 1. The van der Waals surface area contributed by atoms with Gasteiger partial charge in [0.25, 0.3) is 0 Å². The lowest BCUT2D eigenvalue weighted by Crippen LogP contribution is -2.38. The van der Waals surface area contributed by atoms with Crippen molar-refractivity contribution < 1.29 is 9.84 Å². The maximum atomic E-state index is 10.4. The second-order valence-electron chi connectivity index (χ2n) is 6.16. The SMILES string of the molecule is COc1cccc(C(O)CN(C)C2CCCC(C)C2)c1. The van der Waals surface area contributed by atoms with Crippen molar-refractivity contribution in [2.45, 2.75) is 44.8 Å². The van der Waals surface area contributed by atoms with Gasteiger partial charge in [0.1, 0.15) is 5.75 Å². The molecule has 1 aliphatic carbocycles. The highest BCUT2D eigenvalue weighted by Crippen LogP contribution is 2.28. The molecule has 0 heterocycles. The molecule has 2 rings (SSSR count). The molecule has 0 aromatic heterocycles. The van der Waals surface area contributed by atoms with E-state index >= 15 is 0 Å². The molecule has 0 spiro atoms. The van der Waals surface area contributed by atoms with E-state index in [1.807, 2.05) is 24.3 Å². The molecule has 112 valence electrons. The van der Waals surface area contributed by atoms with E-state index in [1.54, 1.807) is 7.11 Å². The third-order valence-electron chi connectivity index (χ3n) is 4.47. The van der Waals surface area contributed by atoms with Crippen molar-refractivity contribution in [3.63, 3.8) is 0 Å². The zero-order chi connectivity index (χ0) is 14.5. The Balaban J connectivity index is 1.94. The van der Waals surface area contributed by atoms with E-state index in [0.29, 0.717) is 12.6 Å². The van der Waals surface area contributed by atoms with Crippen LogP contribution in [0, 0.1) is 5.92 Å². The first-order valence-corrected chi connectivity index (χ1v) is 7.62. The van der Waals surface area contributed by atoms with Crippen LogP contribution in [0.25, 0.3) is 0 Å². The minimum Gasteiger partial charge on any atom is -0.497 e. The fourth-order valence-corrected chi connectivity index (χ4v) is 3.18. The summed E-state index contributed by atoms with van der Waals surface area (Å²) in [5.74, 6) is 1.61. The van der Waals surface area contributed by atoms with Crippen molar-refractivity contribution in [2.75, 3.05) is 20.7 Å². The minimum atomic E-state index is -0.452. The lowest BCUT2D eigenvalue weighted by atomic mass is 9.86. The monoisotopic (exact) mass is 277 g/mol. The molecular weight excluding hydrogens is 250 g/mol. The molecule has 1 fully saturated rings. The van der Waals surface area contributed by atoms with Crippen LogP contribution in [0.1, 0.15) is 44.3 Å². The molecule has 1 aromatic rings. The van der Waals surface area contributed by atoms with Crippen molar-refractivity contribution in [3.05, 3.63) is 29.8 Å². The Morgan fingerprint density at radius 3 is 2.90 bits per heavy atom. The van der Waals surface area contributed by atoms with E-state index < -0.39 is 6.10 Å². The summed E-state index contributed by atoms with van der Waals surface area (Å²) in [6.45, 7) is 3.02. The van der Waals surface area contributed by atoms with Crippen LogP contribution in [-0.4, -0.2) is 36.8 Å². The average molecular weight is 277 g/mol. The normalized spacial score (nSPS) is 24.6. The second kappa shape index (κ2) is 7.09. The Kier molecular flexibility index (Phi) is 5.44. The van der Waals surface area contributed by atoms with E-state index in [9.17, 15) is 5.11 Å². The highest BCUT2D eigenvalue weighted by atomic mass is 16.5. The molecule has 3 atom stereocenters. The maximum absolute atomic E-state index is 10.4. The van der Waals surface area contributed by atoms with E-state index in [2.05, 4.69) is 18.9 Å². The number of hydrogen-bond acceptors (Lipinski definition) is 3. The Hall–Kier alpha value is -1.06. The quantitative estimate of drug-likeness (QED) is 0.897. The molecule has 0 amide bonds. The predicted molar refractivity (Wildman–Crippen MR) is 82.0 cm³/mol. The summed E-state index contributed by atoms with van der Waals surface area (Å²) in [4.78, 5) is 2.32. The first-order valence-electron chi connectivity index (χ1n) is 7.62. The summed E-state index contributed by atoms with van der Waals surface area (Å²) >= 11 is 0. The number of benzene rings is 1. The van der Waals surface area contributed by atoms with E-state index in [4.69, 9.17) is 4.74 Å². The Morgan fingerprint density at radius 2 is 2.20 bits per heavy atom. The lowest BCUT2D eigenvalue weighted by Gasteiger charge is -2.35. The summed E-state index contributed by atoms with van der Waals surface area (Å²) in [5, 5.41) is 10.4. The number of likely N-dealkylation sites (N-methyl/N-ethyl adjacent to an activating group) is 1. The number of ether oxygens (including phenoxy) is 1. The number of nitrogens with zero attached hydrogens (tertiary/aromatic N) is 1. The van der Waals surface area contributed by atoms with Crippen LogP contribution in [0.3, 0.4) is 0 Å². The molecule has 3 unspecified atom stereocenters. The van der Waals surface area contributed by atoms with Gasteiger partial charge in [0.2, 0.25) is 0 Å². The van der Waals surface area contributed by atoms with Gasteiger partial charge in [-0.3, -0.25) is 0 Å². The van der Waals surface area contributed by atoms with E-state index in [-0.39, 0.29) is 0 Å². The molecule has 0 saturated heterocycles. The van der Waals surface area contributed by atoms with Gasteiger partial charge < -0.3 is 14.7 Å². The van der Waals surface area contributed by atoms with Crippen LogP contribution in [0.15, 0.2) is 24.3 Å². The first-order chi connectivity index (χ1) is 9.60. The molecule has 1 aliphatic rings. The van der Waals surface area contributed by atoms with Crippen LogP contribution in [0.4, 0.5) is 0 Å². The molecule has 1 saturated carbocycles. The maximum Gasteiger partial charge on any atom is 0.119 e. The zero-order valence-corrected chi connectivity index (χ0v) is 12.9. The van der Waals surface area contributed by atoms with Crippen LogP contribution in [0.5, 0.6) is 5.75 Å². The summed E-state index contributed by atoms with van der Waals surface area (Å²) < 4.78 is 5.22. The summed E-state index contributed by atoms with van der Waals surface area (Å²) in [7, 11) is 3.78. The van der Waals surface area contributed by atoms with Crippen LogP contribution in [0.2, 0.25) is 0 Å². The fourth-order valence-electron chi connectivity index (χ4n) is 3.18. The molecule has 1 N–H and O–H groups in total. The Bertz CT molecular complexity index is 421. The largest absolute Gasteiger partial charge is 0.497 e. The lowest BCUT2D eigenvalue weighted by molar-refractivity contribution is 0.0830. The number of rotatable bonds is 5. The number of aliphatic hydroxyl groups is 1. The van der Waals surface area contributed by atoms with Gasteiger partial charge in [0.15, 0.2) is 0 Å². The molecule has 3 nitrogen and oxygen atoms in total. The molecule has 20 heavy (non-hydrogen) atoms. The van der Waals surface area contributed by atoms with Crippen molar-refractivity contribution >= 4 is 0 Å². The first kappa shape index (κ1) is 15.3. The standard InChI is InChI=1S/C17H27NO2/c1-13-6-4-8-15(10-13)18(2)12-17(19)14-7-5-9-16(11-14)20-3/h5,7,9,11,13,15,17,19H,4,6,8,10,12H2,1-3H3. The summed E-state index contributed by atoms with van der Waals surface area (Å²) in [5.41, 5.74) is 0.931. The van der Waals surface area contributed by atoms with Gasteiger partial charge in [-0.1, -0.05) is 31.9 Å². The average Bonchev–Trinajstić information content (AvgIpc) is 2.47. The zero-order valence-electron chi connectivity index (χ0n) is 12.9. The number of aliphatic hydroxyl groups excluding tert-OH is 1. The van der Waals surface area contributed by atoms with E-state index in [1.165, 1.54) is 25.7 Å². The fraction of sp³-hybridized carbons (Fsp3) is 0.647. The minimum absolute atomic E-state index is 0.452. The van der Waals surface area contributed by atoms with Gasteiger partial charge in [-0.05, 0) is 43.5 Å². The smallest absolute Gasteiger partial charge is 0.119 e. The Morgan fingerprint density at radius 1 is 1.40 bits per heavy atom. The molecule has 0 aliphatic heterocycles. The summed E-state index contributed by atoms with van der Waals surface area (Å²) in [6, 6.07) is 8.33. The Labute approximate surface area is 122 Å². The molecule has 1 aromatic carbocycles. The molecule has 0 bridgehead atoms. The van der Waals surface area contributed by atoms with Crippen molar-refractivity contribution in [1.29, 1.82) is 0 Å². The highest BCUT2D eigenvalue weighted by Gasteiger charge is 2.24. The van der Waals surface area contributed by atoms with Gasteiger partial charge in [0, 0.05) is 12.6 Å². The van der Waals surface area contributed by atoms with Crippen LogP contribution < -0.4 is 4.74 Å². The van der Waals surface area contributed by atoms with Gasteiger partial charge in [-0.25, -0.2) is 0 Å². The molecule has 3 heteroatoms.